The maximum atomic E-state index is 12.3. The molecule has 2 rings (SSSR count). The number of rotatable bonds is 8. The van der Waals surface area contributed by atoms with Gasteiger partial charge in [0.05, 0.1) is 19.3 Å². The molecule has 0 aliphatic rings. The molecule has 6 heteroatoms. The standard InChI is InChI=1S/C18H24N4O2/c1-3-22(11-8-14-6-9-20-10-7-14)13-18(23)21-16-5-4-15(19)12-17(16)24-2/h4-7,9-10,12H,3,8,11,13,19H2,1-2H3,(H,21,23). The molecule has 0 radical (unpaired) electrons. The highest BCUT2D eigenvalue weighted by Crippen LogP contribution is 2.26. The molecule has 3 N–H and O–H groups in total. The van der Waals surface area contributed by atoms with E-state index < -0.39 is 0 Å². The molecule has 1 amide bonds. The molecule has 1 aromatic heterocycles. The lowest BCUT2D eigenvalue weighted by Crippen LogP contribution is -2.34. The molecule has 0 unspecified atom stereocenters. The predicted octanol–water partition coefficient (Wildman–Crippen LogP) is 2.18. The van der Waals surface area contributed by atoms with Crippen molar-refractivity contribution in [1.82, 2.24) is 9.88 Å². The molecule has 0 spiro atoms. The average molecular weight is 328 g/mol. The van der Waals surface area contributed by atoms with Gasteiger partial charge < -0.3 is 15.8 Å². The molecular formula is C18H24N4O2. The van der Waals surface area contributed by atoms with Crippen LogP contribution in [0.25, 0.3) is 0 Å². The smallest absolute Gasteiger partial charge is 0.238 e. The van der Waals surface area contributed by atoms with Crippen molar-refractivity contribution in [2.24, 2.45) is 0 Å². The van der Waals surface area contributed by atoms with Crippen molar-refractivity contribution in [2.75, 3.05) is 37.8 Å². The van der Waals surface area contributed by atoms with Crippen LogP contribution in [0.2, 0.25) is 0 Å². The second kappa shape index (κ2) is 8.88. The Hall–Kier alpha value is -2.60. The summed E-state index contributed by atoms with van der Waals surface area (Å²) in [7, 11) is 1.55. The van der Waals surface area contributed by atoms with Crippen molar-refractivity contribution in [3.8, 4) is 5.75 Å². The number of nitrogens with two attached hydrogens (primary N) is 1. The number of amides is 1. The Morgan fingerprint density at radius 2 is 2.04 bits per heavy atom. The fourth-order valence-electron chi connectivity index (χ4n) is 2.39. The van der Waals surface area contributed by atoms with Crippen LogP contribution in [0.5, 0.6) is 5.75 Å². The first kappa shape index (κ1) is 17.7. The molecule has 0 saturated carbocycles. The summed E-state index contributed by atoms with van der Waals surface area (Å²) in [4.78, 5) is 18.4. The zero-order valence-corrected chi connectivity index (χ0v) is 14.2. The van der Waals surface area contributed by atoms with Crippen molar-refractivity contribution in [3.63, 3.8) is 0 Å². The highest BCUT2D eigenvalue weighted by molar-refractivity contribution is 5.94. The Morgan fingerprint density at radius 1 is 1.29 bits per heavy atom. The van der Waals surface area contributed by atoms with E-state index in [2.05, 4.69) is 15.2 Å². The van der Waals surface area contributed by atoms with E-state index in [1.54, 1.807) is 37.7 Å². The molecule has 0 atom stereocenters. The second-order valence-corrected chi connectivity index (χ2v) is 5.48. The van der Waals surface area contributed by atoms with E-state index in [0.29, 0.717) is 23.7 Å². The number of ether oxygens (including phenoxy) is 1. The summed E-state index contributed by atoms with van der Waals surface area (Å²) in [5, 5.41) is 2.88. The molecule has 0 aliphatic heterocycles. The zero-order valence-electron chi connectivity index (χ0n) is 14.2. The van der Waals surface area contributed by atoms with E-state index in [-0.39, 0.29) is 5.91 Å². The van der Waals surface area contributed by atoms with Gasteiger partial charge in [-0.1, -0.05) is 6.92 Å². The van der Waals surface area contributed by atoms with Gasteiger partial charge in [0.2, 0.25) is 5.91 Å². The Balaban J connectivity index is 1.90. The fourth-order valence-corrected chi connectivity index (χ4v) is 2.39. The summed E-state index contributed by atoms with van der Waals surface area (Å²) < 4.78 is 5.25. The van der Waals surface area contributed by atoms with Gasteiger partial charge in [-0.15, -0.1) is 0 Å². The normalized spacial score (nSPS) is 10.6. The zero-order chi connectivity index (χ0) is 17.4. The van der Waals surface area contributed by atoms with E-state index in [9.17, 15) is 4.79 Å². The number of carbonyl (C=O) groups excluding carboxylic acids is 1. The first-order valence-electron chi connectivity index (χ1n) is 7.97. The van der Waals surface area contributed by atoms with Gasteiger partial charge in [-0.25, -0.2) is 0 Å². The third kappa shape index (κ3) is 5.24. The van der Waals surface area contributed by atoms with E-state index in [1.807, 2.05) is 19.1 Å². The number of carbonyl (C=O) groups is 1. The van der Waals surface area contributed by atoms with E-state index in [1.165, 1.54) is 5.56 Å². The van der Waals surface area contributed by atoms with Crippen molar-refractivity contribution < 1.29 is 9.53 Å². The van der Waals surface area contributed by atoms with Gasteiger partial charge in [0.25, 0.3) is 0 Å². The van der Waals surface area contributed by atoms with Gasteiger partial charge in [-0.2, -0.15) is 0 Å². The minimum Gasteiger partial charge on any atom is -0.494 e. The minimum atomic E-state index is -0.0744. The molecule has 0 aliphatic carbocycles. The van der Waals surface area contributed by atoms with Crippen LogP contribution < -0.4 is 15.8 Å². The SMILES string of the molecule is CCN(CCc1ccncc1)CC(=O)Nc1ccc(N)cc1OC. The third-order valence-corrected chi connectivity index (χ3v) is 3.78. The highest BCUT2D eigenvalue weighted by atomic mass is 16.5. The number of benzene rings is 1. The summed E-state index contributed by atoms with van der Waals surface area (Å²) in [6.07, 6.45) is 4.45. The van der Waals surface area contributed by atoms with Crippen LogP contribution in [-0.2, 0) is 11.2 Å². The summed E-state index contributed by atoms with van der Waals surface area (Å²) >= 11 is 0. The first-order valence-corrected chi connectivity index (χ1v) is 7.97. The van der Waals surface area contributed by atoms with Gasteiger partial charge in [-0.05, 0) is 42.8 Å². The van der Waals surface area contributed by atoms with Crippen LogP contribution >= 0.6 is 0 Å². The number of nitrogens with one attached hydrogen (secondary N) is 1. The molecule has 1 aromatic carbocycles. The monoisotopic (exact) mass is 328 g/mol. The summed E-state index contributed by atoms with van der Waals surface area (Å²) in [5.41, 5.74) is 8.16. The lowest BCUT2D eigenvalue weighted by atomic mass is 10.2. The number of nitrogens with zero attached hydrogens (tertiary/aromatic N) is 2. The van der Waals surface area contributed by atoms with Crippen LogP contribution in [0.3, 0.4) is 0 Å². The molecule has 2 aromatic rings. The Morgan fingerprint density at radius 3 is 2.71 bits per heavy atom. The number of nitrogen functional groups attached to an aromatic ring is 1. The van der Waals surface area contributed by atoms with E-state index in [4.69, 9.17) is 10.5 Å². The van der Waals surface area contributed by atoms with Crippen LogP contribution in [-0.4, -0.2) is 42.5 Å². The average Bonchev–Trinajstić information content (AvgIpc) is 2.61. The molecule has 24 heavy (non-hydrogen) atoms. The minimum absolute atomic E-state index is 0.0744. The number of hydrogen-bond acceptors (Lipinski definition) is 5. The number of methoxy groups -OCH3 is 1. The van der Waals surface area contributed by atoms with Crippen LogP contribution in [0.15, 0.2) is 42.7 Å². The summed E-state index contributed by atoms with van der Waals surface area (Å²) in [6, 6.07) is 9.16. The van der Waals surface area contributed by atoms with Crippen LogP contribution in [0.4, 0.5) is 11.4 Å². The molecule has 1 heterocycles. The van der Waals surface area contributed by atoms with Crippen molar-refractivity contribution in [1.29, 1.82) is 0 Å². The fraction of sp³-hybridized carbons (Fsp3) is 0.333. The molecule has 6 nitrogen and oxygen atoms in total. The Bertz CT molecular complexity index is 661. The maximum Gasteiger partial charge on any atom is 0.238 e. The number of pyridine rings is 1. The maximum absolute atomic E-state index is 12.3. The molecule has 0 saturated heterocycles. The van der Waals surface area contributed by atoms with Gasteiger partial charge in [0.15, 0.2) is 0 Å². The molecular weight excluding hydrogens is 304 g/mol. The summed E-state index contributed by atoms with van der Waals surface area (Å²) in [5.74, 6) is 0.484. The highest BCUT2D eigenvalue weighted by Gasteiger charge is 2.12. The van der Waals surface area contributed by atoms with Gasteiger partial charge in [-0.3, -0.25) is 14.7 Å². The Labute approximate surface area is 142 Å². The topological polar surface area (TPSA) is 80.5 Å². The van der Waals surface area contributed by atoms with Gasteiger partial charge >= 0.3 is 0 Å². The quantitative estimate of drug-likeness (QED) is 0.726. The molecule has 0 fully saturated rings. The van der Waals surface area contributed by atoms with Crippen molar-refractivity contribution >= 4 is 17.3 Å². The van der Waals surface area contributed by atoms with Crippen molar-refractivity contribution in [3.05, 3.63) is 48.3 Å². The largest absolute Gasteiger partial charge is 0.494 e. The third-order valence-electron chi connectivity index (χ3n) is 3.78. The summed E-state index contributed by atoms with van der Waals surface area (Å²) in [6.45, 7) is 3.99. The van der Waals surface area contributed by atoms with Crippen LogP contribution in [0.1, 0.15) is 12.5 Å². The van der Waals surface area contributed by atoms with Gasteiger partial charge in [0, 0.05) is 30.7 Å². The van der Waals surface area contributed by atoms with E-state index in [0.717, 1.165) is 19.5 Å². The number of likely N-dealkylation sites (N-methyl/N-ethyl adjacent to an activating group) is 1. The number of aromatic nitrogens is 1. The van der Waals surface area contributed by atoms with Crippen LogP contribution in [0, 0.1) is 0 Å². The predicted molar refractivity (Wildman–Crippen MR) is 96.1 cm³/mol. The van der Waals surface area contributed by atoms with Gasteiger partial charge in [0.1, 0.15) is 5.75 Å². The van der Waals surface area contributed by atoms with Crippen molar-refractivity contribution in [2.45, 2.75) is 13.3 Å². The molecule has 128 valence electrons. The lowest BCUT2D eigenvalue weighted by Gasteiger charge is -2.20. The lowest BCUT2D eigenvalue weighted by molar-refractivity contribution is -0.117. The second-order valence-electron chi connectivity index (χ2n) is 5.48. The molecule has 0 bridgehead atoms. The number of anilines is 2. The van der Waals surface area contributed by atoms with E-state index >= 15 is 0 Å². The number of hydrogen-bond donors (Lipinski definition) is 2. The first-order chi connectivity index (χ1) is 11.6. The Kier molecular flexibility index (Phi) is 6.57.